The molecule has 0 bridgehead atoms. The summed E-state index contributed by atoms with van der Waals surface area (Å²) in [6.45, 7) is 0. The second-order valence-corrected chi connectivity index (χ2v) is 1.20. The van der Waals surface area contributed by atoms with Gasteiger partial charge >= 0.3 is 11.6 Å². The van der Waals surface area contributed by atoms with E-state index in [0.717, 1.165) is 5.23 Å². The molecule has 0 aromatic heterocycles. The summed E-state index contributed by atoms with van der Waals surface area (Å²) >= 11 is 10.8. The third-order valence-corrected chi connectivity index (χ3v) is 0. The fourth-order valence-electron chi connectivity index (χ4n) is 0. The topological polar surface area (TPSA) is 51.2 Å². The highest BCUT2D eigenvalue weighted by atomic mass is 32.1. The van der Waals surface area contributed by atoms with Crippen LogP contribution < -0.4 is 0 Å². The fraction of sp³-hybridized carbons (Fsp3) is 0. The summed E-state index contributed by atoms with van der Waals surface area (Å²) in [6, 6.07) is 0. The molecular weight excluding hydrogens is 200 g/mol. The average molecular weight is 200 g/mol. The molecule has 0 saturated carbocycles. The first-order valence-corrected chi connectivity index (χ1v) is 3.04. The van der Waals surface area contributed by atoms with E-state index in [-0.39, 0.29) is 0 Å². The third-order valence-electron chi connectivity index (χ3n) is 0. The van der Waals surface area contributed by atoms with E-state index in [9.17, 15) is 0 Å². The van der Waals surface area contributed by atoms with Gasteiger partial charge in [-0.25, -0.2) is 4.79 Å². The van der Waals surface area contributed by atoms with Crippen LogP contribution >= 0.6 is 36.7 Å². The lowest BCUT2D eigenvalue weighted by Gasteiger charge is -0.992. The van der Waals surface area contributed by atoms with E-state index in [1.54, 1.807) is 0 Å². The molecule has 0 radical (unpaired) electrons. The Hall–Kier alpha value is -0.160. The molecule has 0 aromatic rings. The Kier molecular flexibility index (Phi) is 80.5. The smallest absolute Gasteiger partial charge is 0.220 e. The number of hydrogen-bond acceptors (Lipinski definition) is 6. The Labute approximate surface area is 71.0 Å². The highest BCUT2D eigenvalue weighted by Gasteiger charge is 1.12. The normalized spacial score (nSPS) is 3.11. The quantitative estimate of drug-likeness (QED) is 0.534. The van der Waals surface area contributed by atoms with Crippen LogP contribution in [0.25, 0.3) is 0 Å². The van der Waals surface area contributed by atoms with Crippen molar-refractivity contribution in [2.75, 3.05) is 0 Å². The first-order valence-electron chi connectivity index (χ1n) is 1.15. The van der Waals surface area contributed by atoms with Gasteiger partial charge in [-0.1, -0.05) is 0 Å². The van der Waals surface area contributed by atoms with Crippen molar-refractivity contribution in [1.82, 2.24) is 0 Å². The molecular formula is C2O3S4. The minimum atomic E-state index is -0.750. The van der Waals surface area contributed by atoms with Gasteiger partial charge in [-0.05, 0) is 24.4 Å². The van der Waals surface area contributed by atoms with Crippen molar-refractivity contribution in [2.24, 2.45) is 0 Å². The zero-order valence-electron chi connectivity index (χ0n) is 3.86. The van der Waals surface area contributed by atoms with Crippen LogP contribution in [0.1, 0.15) is 0 Å². The second kappa shape index (κ2) is 45.5. The SMILES string of the molecule is O=C=S.O=S=O.S=C=S. The van der Waals surface area contributed by atoms with Gasteiger partial charge in [-0.2, -0.15) is 8.42 Å². The molecule has 0 aliphatic carbocycles. The zero-order chi connectivity index (χ0) is 8.12. The van der Waals surface area contributed by atoms with Crippen molar-refractivity contribution in [2.45, 2.75) is 0 Å². The summed E-state index contributed by atoms with van der Waals surface area (Å²) in [4.78, 5) is 8.50. The van der Waals surface area contributed by atoms with Crippen molar-refractivity contribution in [3.05, 3.63) is 0 Å². The van der Waals surface area contributed by atoms with Crippen LogP contribution in [0.3, 0.4) is 0 Å². The zero-order valence-corrected chi connectivity index (χ0v) is 7.12. The molecule has 0 aliphatic rings. The van der Waals surface area contributed by atoms with E-state index >= 15 is 0 Å². The minimum Gasteiger partial charge on any atom is -0.220 e. The molecule has 0 N–H and O–H groups in total. The van der Waals surface area contributed by atoms with Crippen LogP contribution in [-0.2, 0) is 16.4 Å². The maximum Gasteiger partial charge on any atom is 0.335 e. The predicted molar refractivity (Wildman–Crippen MR) is 42.4 cm³/mol. The van der Waals surface area contributed by atoms with Crippen LogP contribution in [0, 0.1) is 0 Å². The van der Waals surface area contributed by atoms with Crippen LogP contribution in [-0.4, -0.2) is 18.0 Å². The maximum atomic E-state index is 8.50. The highest BCUT2D eigenvalue weighted by molar-refractivity contribution is 7.93. The number of rotatable bonds is 0. The standard InChI is InChI=1S/COS.CS2.O2S/c2*2-1-3;1-3-2. The fourth-order valence-corrected chi connectivity index (χ4v) is 0. The van der Waals surface area contributed by atoms with Gasteiger partial charge in [-0.3, -0.25) is 0 Å². The van der Waals surface area contributed by atoms with Gasteiger partial charge < -0.3 is 0 Å². The Morgan fingerprint density at radius 3 is 1.11 bits per heavy atom. The second-order valence-electron chi connectivity index (χ2n) is 0.235. The molecule has 0 spiro atoms. The van der Waals surface area contributed by atoms with E-state index in [0.29, 0.717) is 0 Å². The molecule has 0 fully saturated rings. The van der Waals surface area contributed by atoms with Crippen LogP contribution in [0.2, 0.25) is 0 Å². The van der Waals surface area contributed by atoms with E-state index in [1.165, 1.54) is 0 Å². The van der Waals surface area contributed by atoms with Crippen LogP contribution in [0.5, 0.6) is 0 Å². The van der Waals surface area contributed by atoms with E-state index in [4.69, 9.17) is 13.2 Å². The van der Waals surface area contributed by atoms with Crippen molar-refractivity contribution in [3.63, 3.8) is 0 Å². The Bertz CT molecular complexity index is 105. The van der Waals surface area contributed by atoms with Crippen molar-refractivity contribution >= 4 is 57.8 Å². The van der Waals surface area contributed by atoms with Gasteiger partial charge in [-0.15, -0.1) is 0 Å². The predicted octanol–water partition coefficient (Wildman–Crippen LogP) is 0.599. The summed E-state index contributed by atoms with van der Waals surface area (Å²) in [6.07, 6.45) is 0. The maximum absolute atomic E-state index is 8.50. The summed E-state index contributed by atoms with van der Waals surface area (Å²) in [5.41, 5.74) is 0. The molecule has 3 nitrogen and oxygen atoms in total. The number of hydrogen-bond donors (Lipinski definition) is 0. The summed E-state index contributed by atoms with van der Waals surface area (Å²) < 4.78 is 18.5. The summed E-state index contributed by atoms with van der Waals surface area (Å²) in [7, 11) is 0. The molecule has 0 atom stereocenters. The van der Waals surface area contributed by atoms with E-state index in [2.05, 4.69) is 36.7 Å². The summed E-state index contributed by atoms with van der Waals surface area (Å²) in [5.74, 6) is 0. The van der Waals surface area contributed by atoms with Gasteiger partial charge in [0.2, 0.25) is 5.23 Å². The van der Waals surface area contributed by atoms with E-state index in [1.807, 2.05) is 4.31 Å². The van der Waals surface area contributed by atoms with Gasteiger partial charge in [0, 0.05) is 16.5 Å². The first kappa shape index (κ1) is 15.9. The van der Waals surface area contributed by atoms with Crippen molar-refractivity contribution in [3.8, 4) is 0 Å². The monoisotopic (exact) mass is 200 g/mol. The van der Waals surface area contributed by atoms with Gasteiger partial charge in [0.05, 0.1) is 0 Å². The molecule has 0 saturated heterocycles. The lowest BCUT2D eigenvalue weighted by Crippen LogP contribution is -1.18. The van der Waals surface area contributed by atoms with Crippen LogP contribution in [0.4, 0.5) is 0 Å². The molecule has 0 unspecified atom stereocenters. The molecule has 9 heavy (non-hydrogen) atoms. The molecule has 50 valence electrons. The van der Waals surface area contributed by atoms with Crippen LogP contribution in [0.15, 0.2) is 0 Å². The van der Waals surface area contributed by atoms with Crippen molar-refractivity contribution in [1.29, 1.82) is 0 Å². The molecule has 0 aromatic carbocycles. The molecule has 0 amide bonds. The average Bonchev–Trinajstić information content (AvgIpc) is 1.70. The third kappa shape index (κ3) is 10400. The number of carbonyl (C=O) groups excluding carboxylic acids is 1. The minimum absolute atomic E-state index is 0.750. The Balaban J connectivity index is -0.0000000600. The largest absolute Gasteiger partial charge is 0.335 e. The van der Waals surface area contributed by atoms with E-state index < -0.39 is 11.6 Å². The van der Waals surface area contributed by atoms with Gasteiger partial charge in [0.1, 0.15) is 0 Å². The molecule has 7 heteroatoms. The lowest BCUT2D eigenvalue weighted by molar-refractivity contribution is 0.572. The molecule has 0 aliphatic heterocycles. The molecule has 0 rings (SSSR count). The van der Waals surface area contributed by atoms with Gasteiger partial charge in [0.15, 0.2) is 0 Å². The lowest BCUT2D eigenvalue weighted by atomic mass is 11.9. The Morgan fingerprint density at radius 2 is 1.11 bits per heavy atom. The first-order chi connectivity index (χ1) is 4.24. The molecule has 0 heterocycles. The van der Waals surface area contributed by atoms with Gasteiger partial charge in [0.25, 0.3) is 0 Å². The Morgan fingerprint density at radius 1 is 1.11 bits per heavy atom. The van der Waals surface area contributed by atoms with Crippen molar-refractivity contribution < 1.29 is 13.2 Å². The highest BCUT2D eigenvalue weighted by Crippen LogP contribution is 1.29. The summed E-state index contributed by atoms with van der Waals surface area (Å²) in [5, 5.41) is 1.08. The number of thiocarbonyl (C=S) groups is 3.